The Morgan fingerprint density at radius 3 is 2.41 bits per heavy atom. The van der Waals surface area contributed by atoms with Gasteiger partial charge in [0.1, 0.15) is 5.60 Å². The molecule has 1 aliphatic rings. The molecule has 17 heavy (non-hydrogen) atoms. The lowest BCUT2D eigenvalue weighted by molar-refractivity contribution is -0.163. The molecule has 1 unspecified atom stereocenters. The normalized spacial score (nSPS) is 25.9. The minimum absolute atomic E-state index is 0.354. The number of hydrogen-bond donors (Lipinski definition) is 0. The number of esters is 1. The zero-order valence-electron chi connectivity index (χ0n) is 11.4. The minimum atomic E-state index is -0.975. The number of nitrogens with zero attached hydrogens (tertiary/aromatic N) is 2. The fourth-order valence-corrected chi connectivity index (χ4v) is 1.96. The van der Waals surface area contributed by atoms with Crippen molar-refractivity contribution in [2.75, 3.05) is 13.1 Å². The third-order valence-corrected chi connectivity index (χ3v) is 3.03. The van der Waals surface area contributed by atoms with Crippen molar-refractivity contribution in [3.63, 3.8) is 0 Å². The summed E-state index contributed by atoms with van der Waals surface area (Å²) in [5, 5.41) is 9.31. The van der Waals surface area contributed by atoms with Gasteiger partial charge in [0.05, 0.1) is 6.07 Å². The first-order valence-electron chi connectivity index (χ1n) is 6.09. The van der Waals surface area contributed by atoms with Crippen LogP contribution in [0.3, 0.4) is 0 Å². The molecule has 0 amide bonds. The van der Waals surface area contributed by atoms with E-state index in [0.717, 1.165) is 6.54 Å². The molecule has 1 aliphatic heterocycles. The van der Waals surface area contributed by atoms with Crippen molar-refractivity contribution in [2.24, 2.45) is 5.41 Å². The van der Waals surface area contributed by atoms with E-state index in [1.807, 2.05) is 20.8 Å². The second-order valence-electron chi connectivity index (χ2n) is 6.01. The summed E-state index contributed by atoms with van der Waals surface area (Å²) >= 11 is 0. The maximum Gasteiger partial charge on any atom is 0.328 e. The molecule has 0 aromatic heterocycles. The van der Waals surface area contributed by atoms with Crippen LogP contribution in [0.25, 0.3) is 0 Å². The van der Waals surface area contributed by atoms with Crippen LogP contribution in [0.1, 0.15) is 41.0 Å². The Kier molecular flexibility index (Phi) is 3.83. The van der Waals surface area contributed by atoms with E-state index in [-0.39, 0.29) is 5.97 Å². The van der Waals surface area contributed by atoms with Gasteiger partial charge in [-0.1, -0.05) is 0 Å². The number of carbonyl (C=O) groups is 1. The van der Waals surface area contributed by atoms with Gasteiger partial charge in [-0.15, -0.1) is 0 Å². The van der Waals surface area contributed by atoms with E-state index in [9.17, 15) is 10.1 Å². The molecule has 0 N–H and O–H groups in total. The molecule has 0 aromatic carbocycles. The summed E-state index contributed by atoms with van der Waals surface area (Å²) in [7, 11) is 0. The fraction of sp³-hybridized carbons (Fsp3) is 0.846. The molecule has 0 bridgehead atoms. The number of rotatable bonds is 2. The number of ether oxygens (including phenoxy) is 1. The highest BCUT2D eigenvalue weighted by atomic mass is 16.6. The van der Waals surface area contributed by atoms with Crippen molar-refractivity contribution in [1.29, 1.82) is 5.26 Å². The van der Waals surface area contributed by atoms with Crippen molar-refractivity contribution < 1.29 is 9.53 Å². The smallest absolute Gasteiger partial charge is 0.328 e. The summed E-state index contributed by atoms with van der Waals surface area (Å²) < 4.78 is 5.36. The summed E-state index contributed by atoms with van der Waals surface area (Å²) in [6.07, 6.45) is 0.566. The molecule has 0 radical (unpaired) electrons. The zero-order valence-corrected chi connectivity index (χ0v) is 11.4. The van der Waals surface area contributed by atoms with Crippen LogP contribution >= 0.6 is 0 Å². The molecular formula is C13H22N2O2. The molecule has 0 aromatic rings. The van der Waals surface area contributed by atoms with Crippen molar-refractivity contribution in [2.45, 2.75) is 52.7 Å². The Morgan fingerprint density at radius 1 is 1.47 bits per heavy atom. The first-order valence-corrected chi connectivity index (χ1v) is 6.09. The van der Waals surface area contributed by atoms with Crippen LogP contribution in [0.5, 0.6) is 0 Å². The van der Waals surface area contributed by atoms with Gasteiger partial charge in [-0.2, -0.15) is 5.26 Å². The first-order chi connectivity index (χ1) is 7.70. The van der Waals surface area contributed by atoms with Crippen LogP contribution < -0.4 is 0 Å². The monoisotopic (exact) mass is 238 g/mol. The molecule has 0 aliphatic carbocycles. The SMILES string of the molecule is CC(C)N1CCC(C#N)(C(=O)OC(C)(C)C)C1. The van der Waals surface area contributed by atoms with Gasteiger partial charge >= 0.3 is 5.97 Å². The molecule has 1 heterocycles. The summed E-state index contributed by atoms with van der Waals surface area (Å²) in [5.74, 6) is -0.379. The highest BCUT2D eigenvalue weighted by Crippen LogP contribution is 2.33. The molecule has 0 spiro atoms. The highest BCUT2D eigenvalue weighted by Gasteiger charge is 2.48. The number of carbonyl (C=O) groups excluding carboxylic acids is 1. The lowest BCUT2D eigenvalue weighted by atomic mass is 9.89. The summed E-state index contributed by atoms with van der Waals surface area (Å²) in [6.45, 7) is 10.9. The van der Waals surface area contributed by atoms with Crippen LogP contribution in [0.4, 0.5) is 0 Å². The third-order valence-electron chi connectivity index (χ3n) is 3.03. The molecule has 1 rings (SSSR count). The van der Waals surface area contributed by atoms with Crippen LogP contribution in [-0.4, -0.2) is 35.6 Å². The Balaban J connectivity index is 2.79. The minimum Gasteiger partial charge on any atom is -0.459 e. The van der Waals surface area contributed by atoms with Gasteiger partial charge < -0.3 is 4.74 Å². The second-order valence-corrected chi connectivity index (χ2v) is 6.01. The first kappa shape index (κ1) is 14.0. The summed E-state index contributed by atoms with van der Waals surface area (Å²) in [6, 6.07) is 2.52. The van der Waals surface area contributed by atoms with Gasteiger partial charge in [-0.05, 0) is 41.0 Å². The van der Waals surface area contributed by atoms with Crippen LogP contribution in [0, 0.1) is 16.7 Å². The van der Waals surface area contributed by atoms with E-state index >= 15 is 0 Å². The summed E-state index contributed by atoms with van der Waals surface area (Å²) in [4.78, 5) is 14.3. The zero-order chi connectivity index (χ0) is 13.3. The molecule has 0 saturated carbocycles. The van der Waals surface area contributed by atoms with Crippen LogP contribution in [0.15, 0.2) is 0 Å². The van der Waals surface area contributed by atoms with E-state index in [2.05, 4.69) is 24.8 Å². The van der Waals surface area contributed by atoms with Gasteiger partial charge in [-0.3, -0.25) is 9.69 Å². The molecule has 4 nitrogen and oxygen atoms in total. The Bertz CT molecular complexity index is 338. The molecule has 1 fully saturated rings. The predicted molar refractivity (Wildman–Crippen MR) is 65.2 cm³/mol. The average Bonchev–Trinajstić information content (AvgIpc) is 2.60. The second kappa shape index (κ2) is 4.66. The molecule has 1 saturated heterocycles. The molecule has 1 atom stereocenters. The van der Waals surface area contributed by atoms with Crippen molar-refractivity contribution in [3.8, 4) is 6.07 Å². The number of likely N-dealkylation sites (tertiary alicyclic amines) is 1. The lowest BCUT2D eigenvalue weighted by Gasteiger charge is -2.27. The Labute approximate surface area is 104 Å². The fourth-order valence-electron chi connectivity index (χ4n) is 1.96. The largest absolute Gasteiger partial charge is 0.459 e. The predicted octanol–water partition coefficient (Wildman–Crippen LogP) is 1.95. The van der Waals surface area contributed by atoms with Crippen molar-refractivity contribution in [1.82, 2.24) is 4.90 Å². The van der Waals surface area contributed by atoms with E-state index < -0.39 is 11.0 Å². The molecule has 96 valence electrons. The van der Waals surface area contributed by atoms with Crippen LogP contribution in [-0.2, 0) is 9.53 Å². The van der Waals surface area contributed by atoms with E-state index in [0.29, 0.717) is 19.0 Å². The van der Waals surface area contributed by atoms with Gasteiger partial charge in [0.2, 0.25) is 0 Å². The van der Waals surface area contributed by atoms with Crippen LogP contribution in [0.2, 0.25) is 0 Å². The van der Waals surface area contributed by atoms with Crippen molar-refractivity contribution in [3.05, 3.63) is 0 Å². The standard InChI is InChI=1S/C13H22N2O2/c1-10(2)15-7-6-13(8-14,9-15)11(16)17-12(3,4)5/h10H,6-7,9H2,1-5H3. The lowest BCUT2D eigenvalue weighted by Crippen LogP contribution is -2.40. The number of nitriles is 1. The van der Waals surface area contributed by atoms with Crippen molar-refractivity contribution >= 4 is 5.97 Å². The van der Waals surface area contributed by atoms with Gasteiger partial charge in [-0.25, -0.2) is 0 Å². The average molecular weight is 238 g/mol. The maximum absolute atomic E-state index is 12.1. The highest BCUT2D eigenvalue weighted by molar-refractivity contribution is 5.81. The van der Waals surface area contributed by atoms with Gasteiger partial charge in [0.25, 0.3) is 0 Å². The molecular weight excluding hydrogens is 216 g/mol. The van der Waals surface area contributed by atoms with Gasteiger partial charge in [0, 0.05) is 19.1 Å². The van der Waals surface area contributed by atoms with Gasteiger partial charge in [0.15, 0.2) is 5.41 Å². The maximum atomic E-state index is 12.1. The Morgan fingerprint density at radius 2 is 2.06 bits per heavy atom. The van der Waals surface area contributed by atoms with E-state index in [1.165, 1.54) is 0 Å². The number of hydrogen-bond acceptors (Lipinski definition) is 4. The van der Waals surface area contributed by atoms with E-state index in [4.69, 9.17) is 4.74 Å². The topological polar surface area (TPSA) is 53.3 Å². The third kappa shape index (κ3) is 3.19. The van der Waals surface area contributed by atoms with E-state index in [1.54, 1.807) is 0 Å². The Hall–Kier alpha value is -1.08. The summed E-state index contributed by atoms with van der Waals surface area (Å²) in [5.41, 5.74) is -1.51. The molecule has 4 heteroatoms. The quantitative estimate of drug-likeness (QED) is 0.690.